The van der Waals surface area contributed by atoms with Gasteiger partial charge in [0.1, 0.15) is 0 Å². The van der Waals surface area contributed by atoms with Gasteiger partial charge in [0.2, 0.25) is 0 Å². The number of hydrogen-bond acceptors (Lipinski definition) is 2. The summed E-state index contributed by atoms with van der Waals surface area (Å²) in [4.78, 5) is 2.89. The normalized spacial score (nSPS) is 28.4. The Morgan fingerprint density at radius 1 is 1.20 bits per heavy atom. The third-order valence-electron chi connectivity index (χ3n) is 5.44. The van der Waals surface area contributed by atoms with E-state index in [-0.39, 0.29) is 0 Å². The van der Waals surface area contributed by atoms with Gasteiger partial charge in [0, 0.05) is 31.2 Å². The molecule has 2 nitrogen and oxygen atoms in total. The maximum absolute atomic E-state index is 3.88. The summed E-state index contributed by atoms with van der Waals surface area (Å²) in [6, 6.07) is 0.718. The molecule has 1 N–H and O–H groups in total. The first-order valence-electron chi connectivity index (χ1n) is 9.04. The highest BCUT2D eigenvalue weighted by molar-refractivity contribution is 5.02. The second-order valence-corrected chi connectivity index (χ2v) is 7.94. The van der Waals surface area contributed by atoms with Crippen LogP contribution < -0.4 is 5.32 Å². The molecule has 0 aromatic heterocycles. The van der Waals surface area contributed by atoms with Crippen LogP contribution in [0.5, 0.6) is 0 Å². The standard InChI is InChI=1S/C18H36N2/c1-5-8-16(4)12-20-13-17(11-15(2)3)19-14-18(20)9-6-7-10-18/h15-17,19H,5-14H2,1-4H3. The van der Waals surface area contributed by atoms with E-state index in [9.17, 15) is 0 Å². The molecule has 1 spiro atoms. The lowest BCUT2D eigenvalue weighted by atomic mass is 9.87. The molecule has 2 rings (SSSR count). The molecule has 20 heavy (non-hydrogen) atoms. The quantitative estimate of drug-likeness (QED) is 0.789. The van der Waals surface area contributed by atoms with Crippen LogP contribution in [0.3, 0.4) is 0 Å². The minimum atomic E-state index is 0.509. The van der Waals surface area contributed by atoms with Gasteiger partial charge >= 0.3 is 0 Å². The zero-order valence-electron chi connectivity index (χ0n) is 14.3. The summed E-state index contributed by atoms with van der Waals surface area (Å²) in [6.45, 7) is 13.3. The lowest BCUT2D eigenvalue weighted by molar-refractivity contribution is 0.0262. The first-order valence-corrected chi connectivity index (χ1v) is 9.04. The molecule has 118 valence electrons. The van der Waals surface area contributed by atoms with Crippen LogP contribution in [0.1, 0.15) is 72.6 Å². The molecule has 1 heterocycles. The molecule has 2 heteroatoms. The molecule has 0 aromatic carbocycles. The average Bonchev–Trinajstić information content (AvgIpc) is 2.83. The molecular weight excluding hydrogens is 244 g/mol. The van der Waals surface area contributed by atoms with Gasteiger partial charge in [-0.25, -0.2) is 0 Å². The molecule has 2 atom stereocenters. The number of piperazine rings is 1. The first-order chi connectivity index (χ1) is 9.55. The van der Waals surface area contributed by atoms with Crippen molar-refractivity contribution in [2.24, 2.45) is 11.8 Å². The van der Waals surface area contributed by atoms with E-state index in [1.54, 1.807) is 0 Å². The summed E-state index contributed by atoms with van der Waals surface area (Å²) >= 11 is 0. The third-order valence-corrected chi connectivity index (χ3v) is 5.44. The minimum Gasteiger partial charge on any atom is -0.311 e. The zero-order valence-corrected chi connectivity index (χ0v) is 14.3. The van der Waals surface area contributed by atoms with Gasteiger partial charge in [0.05, 0.1) is 0 Å². The highest BCUT2D eigenvalue weighted by atomic mass is 15.3. The van der Waals surface area contributed by atoms with Crippen LogP contribution in [0.2, 0.25) is 0 Å². The summed E-state index contributed by atoms with van der Waals surface area (Å²) in [5.74, 6) is 1.66. The fraction of sp³-hybridized carbons (Fsp3) is 1.00. The van der Waals surface area contributed by atoms with Gasteiger partial charge in [-0.15, -0.1) is 0 Å². The molecule has 0 bridgehead atoms. The van der Waals surface area contributed by atoms with Crippen molar-refractivity contribution in [3.05, 3.63) is 0 Å². The van der Waals surface area contributed by atoms with Crippen LogP contribution in [0.4, 0.5) is 0 Å². The van der Waals surface area contributed by atoms with Crippen LogP contribution in [0, 0.1) is 11.8 Å². The Bertz CT molecular complexity index is 281. The van der Waals surface area contributed by atoms with E-state index >= 15 is 0 Å². The maximum Gasteiger partial charge on any atom is 0.0334 e. The predicted octanol–water partition coefficient (Wildman–Crippen LogP) is 4.06. The Balaban J connectivity index is 1.99. The van der Waals surface area contributed by atoms with Gasteiger partial charge in [0.25, 0.3) is 0 Å². The summed E-state index contributed by atoms with van der Waals surface area (Å²) in [7, 11) is 0. The third kappa shape index (κ3) is 3.98. The van der Waals surface area contributed by atoms with Crippen LogP contribution in [0.15, 0.2) is 0 Å². The van der Waals surface area contributed by atoms with Crippen molar-refractivity contribution in [3.63, 3.8) is 0 Å². The second kappa shape index (κ2) is 7.26. The van der Waals surface area contributed by atoms with E-state index in [0.717, 1.165) is 17.9 Å². The Morgan fingerprint density at radius 3 is 2.50 bits per heavy atom. The predicted molar refractivity (Wildman–Crippen MR) is 88.1 cm³/mol. The van der Waals surface area contributed by atoms with Gasteiger partial charge in [-0.3, -0.25) is 4.90 Å². The van der Waals surface area contributed by atoms with Crippen molar-refractivity contribution in [1.29, 1.82) is 0 Å². The van der Waals surface area contributed by atoms with Crippen LogP contribution >= 0.6 is 0 Å². The van der Waals surface area contributed by atoms with Crippen LogP contribution in [-0.4, -0.2) is 36.1 Å². The molecule has 2 aliphatic rings. The molecule has 1 aliphatic carbocycles. The highest BCUT2D eigenvalue weighted by Gasteiger charge is 2.43. The van der Waals surface area contributed by atoms with Gasteiger partial charge < -0.3 is 5.32 Å². The fourth-order valence-corrected chi connectivity index (χ4v) is 4.45. The first kappa shape index (κ1) is 16.3. The molecule has 1 saturated carbocycles. The maximum atomic E-state index is 3.88. The fourth-order valence-electron chi connectivity index (χ4n) is 4.45. The van der Waals surface area contributed by atoms with E-state index in [4.69, 9.17) is 0 Å². The van der Waals surface area contributed by atoms with E-state index in [1.807, 2.05) is 0 Å². The van der Waals surface area contributed by atoms with E-state index in [1.165, 1.54) is 64.6 Å². The highest BCUT2D eigenvalue weighted by Crippen LogP contribution is 2.38. The van der Waals surface area contributed by atoms with Crippen molar-refractivity contribution < 1.29 is 0 Å². The molecule has 2 fully saturated rings. The molecule has 0 aromatic rings. The molecule has 1 saturated heterocycles. The topological polar surface area (TPSA) is 15.3 Å². The number of nitrogens with one attached hydrogen (secondary N) is 1. The Labute approximate surface area is 126 Å². The summed E-state index contributed by atoms with van der Waals surface area (Å²) in [5, 5.41) is 3.88. The zero-order chi connectivity index (χ0) is 14.6. The Morgan fingerprint density at radius 2 is 1.90 bits per heavy atom. The van der Waals surface area contributed by atoms with Crippen LogP contribution in [-0.2, 0) is 0 Å². The monoisotopic (exact) mass is 280 g/mol. The summed E-state index contributed by atoms with van der Waals surface area (Å²) in [6.07, 6.45) is 9.77. The van der Waals surface area contributed by atoms with Crippen molar-refractivity contribution in [2.45, 2.75) is 84.2 Å². The van der Waals surface area contributed by atoms with E-state index < -0.39 is 0 Å². The molecule has 0 amide bonds. The lowest BCUT2D eigenvalue weighted by Gasteiger charge is -2.49. The van der Waals surface area contributed by atoms with Crippen molar-refractivity contribution >= 4 is 0 Å². The molecule has 2 unspecified atom stereocenters. The second-order valence-electron chi connectivity index (χ2n) is 7.94. The number of rotatable bonds is 6. The molecule has 1 aliphatic heterocycles. The van der Waals surface area contributed by atoms with E-state index in [0.29, 0.717) is 5.54 Å². The van der Waals surface area contributed by atoms with Gasteiger partial charge in [0.15, 0.2) is 0 Å². The SMILES string of the molecule is CCCC(C)CN1CC(CC(C)C)NCC12CCCC2. The van der Waals surface area contributed by atoms with E-state index in [2.05, 4.69) is 37.9 Å². The minimum absolute atomic E-state index is 0.509. The van der Waals surface area contributed by atoms with Gasteiger partial charge in [-0.2, -0.15) is 0 Å². The van der Waals surface area contributed by atoms with Crippen molar-refractivity contribution in [3.8, 4) is 0 Å². The van der Waals surface area contributed by atoms with Gasteiger partial charge in [-0.1, -0.05) is 47.0 Å². The summed E-state index contributed by atoms with van der Waals surface area (Å²) < 4.78 is 0. The van der Waals surface area contributed by atoms with Crippen LogP contribution in [0.25, 0.3) is 0 Å². The lowest BCUT2D eigenvalue weighted by Crippen LogP contribution is -2.64. The Kier molecular flexibility index (Phi) is 5.92. The molecular formula is C18H36N2. The molecule has 0 radical (unpaired) electrons. The Hall–Kier alpha value is -0.0800. The number of nitrogens with zero attached hydrogens (tertiary/aromatic N) is 1. The van der Waals surface area contributed by atoms with Gasteiger partial charge in [-0.05, 0) is 37.5 Å². The number of hydrogen-bond donors (Lipinski definition) is 1. The largest absolute Gasteiger partial charge is 0.311 e. The average molecular weight is 281 g/mol. The van der Waals surface area contributed by atoms with Crippen molar-refractivity contribution in [2.75, 3.05) is 19.6 Å². The summed E-state index contributed by atoms with van der Waals surface area (Å²) in [5.41, 5.74) is 0.509. The smallest absolute Gasteiger partial charge is 0.0334 e. The van der Waals surface area contributed by atoms with Crippen molar-refractivity contribution in [1.82, 2.24) is 10.2 Å².